The van der Waals surface area contributed by atoms with Crippen LogP contribution >= 0.6 is 0 Å². The highest BCUT2D eigenvalue weighted by molar-refractivity contribution is 5.75. The minimum atomic E-state index is -0.247. The molecule has 1 aromatic carbocycles. The van der Waals surface area contributed by atoms with Crippen LogP contribution in [0.25, 0.3) is 0 Å². The molecule has 1 aromatic rings. The Labute approximate surface area is 137 Å². The van der Waals surface area contributed by atoms with E-state index < -0.39 is 0 Å². The maximum Gasteiger partial charge on any atom is 0.318 e. The molecule has 0 spiro atoms. The number of rotatable bonds is 3. The third kappa shape index (κ3) is 3.83. The summed E-state index contributed by atoms with van der Waals surface area (Å²) < 4.78 is 18.9. The second-order valence-corrected chi connectivity index (χ2v) is 6.83. The first-order chi connectivity index (χ1) is 11.0. The minimum Gasteiger partial charge on any atom is -0.372 e. The summed E-state index contributed by atoms with van der Waals surface area (Å²) in [6, 6.07) is 6.41. The molecule has 1 heterocycles. The Morgan fingerprint density at radius 3 is 2.35 bits per heavy atom. The van der Waals surface area contributed by atoms with E-state index >= 15 is 0 Å². The molecule has 4 nitrogen and oxygen atoms in total. The van der Waals surface area contributed by atoms with Gasteiger partial charge < -0.3 is 15.0 Å². The summed E-state index contributed by atoms with van der Waals surface area (Å²) in [6.07, 6.45) is 3.52. The first-order valence-corrected chi connectivity index (χ1v) is 8.49. The molecule has 2 amide bonds. The molecule has 23 heavy (non-hydrogen) atoms. The largest absolute Gasteiger partial charge is 0.372 e. The first kappa shape index (κ1) is 16.2. The third-order valence-corrected chi connectivity index (χ3v) is 4.84. The summed E-state index contributed by atoms with van der Waals surface area (Å²) in [5.74, 6) is 0.198. The van der Waals surface area contributed by atoms with Crippen molar-refractivity contribution in [1.29, 1.82) is 0 Å². The second-order valence-electron chi connectivity index (χ2n) is 6.83. The molecule has 0 bridgehead atoms. The zero-order valence-electron chi connectivity index (χ0n) is 13.8. The molecule has 3 rings (SSSR count). The van der Waals surface area contributed by atoms with Crippen LogP contribution in [0.1, 0.15) is 44.7 Å². The molecule has 1 N–H and O–H groups in total. The number of urea groups is 1. The number of amides is 2. The number of hydrogen-bond acceptors (Lipinski definition) is 2. The molecule has 2 fully saturated rings. The van der Waals surface area contributed by atoms with Gasteiger partial charge in [-0.1, -0.05) is 18.6 Å². The van der Waals surface area contributed by atoms with Gasteiger partial charge in [0.05, 0.1) is 18.2 Å². The van der Waals surface area contributed by atoms with Crippen LogP contribution in [0.3, 0.4) is 0 Å². The van der Waals surface area contributed by atoms with Crippen molar-refractivity contribution in [3.05, 3.63) is 35.6 Å². The lowest BCUT2D eigenvalue weighted by molar-refractivity contribution is -0.0550. The van der Waals surface area contributed by atoms with E-state index in [2.05, 4.69) is 5.32 Å². The van der Waals surface area contributed by atoms with Crippen LogP contribution < -0.4 is 5.32 Å². The number of carbonyl (C=O) groups is 1. The van der Waals surface area contributed by atoms with Crippen molar-refractivity contribution in [2.75, 3.05) is 13.1 Å². The van der Waals surface area contributed by atoms with Crippen molar-refractivity contribution < 1.29 is 13.9 Å². The van der Waals surface area contributed by atoms with Gasteiger partial charge in [-0.25, -0.2) is 9.18 Å². The van der Waals surface area contributed by atoms with E-state index in [0.29, 0.717) is 19.0 Å². The third-order valence-electron chi connectivity index (χ3n) is 4.84. The highest BCUT2D eigenvalue weighted by Crippen LogP contribution is 2.37. The lowest BCUT2D eigenvalue weighted by atomic mass is 9.77. The van der Waals surface area contributed by atoms with Crippen LogP contribution in [-0.4, -0.2) is 36.2 Å². The Balaban J connectivity index is 1.70. The topological polar surface area (TPSA) is 41.6 Å². The van der Waals surface area contributed by atoms with Gasteiger partial charge in [-0.2, -0.15) is 0 Å². The Hall–Kier alpha value is -1.62. The maximum absolute atomic E-state index is 13.2. The number of halogens is 1. The van der Waals surface area contributed by atoms with Crippen molar-refractivity contribution in [3.8, 4) is 0 Å². The highest BCUT2D eigenvalue weighted by Gasteiger charge is 2.32. The van der Waals surface area contributed by atoms with Gasteiger partial charge in [0.1, 0.15) is 5.82 Å². The fourth-order valence-corrected chi connectivity index (χ4v) is 3.48. The molecule has 1 saturated carbocycles. The summed E-state index contributed by atoms with van der Waals surface area (Å²) in [5, 5.41) is 3.17. The predicted octanol–water partition coefficient (Wildman–Crippen LogP) is 3.49. The number of morpholine rings is 1. The quantitative estimate of drug-likeness (QED) is 0.926. The van der Waals surface area contributed by atoms with Gasteiger partial charge in [-0.3, -0.25) is 0 Å². The van der Waals surface area contributed by atoms with E-state index in [4.69, 9.17) is 4.74 Å². The second kappa shape index (κ2) is 6.87. The fourth-order valence-electron chi connectivity index (χ4n) is 3.48. The van der Waals surface area contributed by atoms with Gasteiger partial charge in [-0.15, -0.1) is 0 Å². The molecule has 1 aliphatic heterocycles. The van der Waals surface area contributed by atoms with Crippen LogP contribution in [-0.2, 0) is 4.74 Å². The van der Waals surface area contributed by atoms with E-state index in [-0.39, 0.29) is 30.1 Å². The molecule has 0 aromatic heterocycles. The fraction of sp³-hybridized carbons (Fsp3) is 0.611. The average molecular weight is 320 g/mol. The molecule has 1 saturated heterocycles. The molecule has 3 unspecified atom stereocenters. The lowest BCUT2D eigenvalue weighted by Gasteiger charge is -2.39. The maximum atomic E-state index is 13.2. The minimum absolute atomic E-state index is 0.0368. The van der Waals surface area contributed by atoms with Crippen LogP contribution in [0.15, 0.2) is 24.3 Å². The Kier molecular flexibility index (Phi) is 4.85. The smallest absolute Gasteiger partial charge is 0.318 e. The van der Waals surface area contributed by atoms with Gasteiger partial charge in [0.25, 0.3) is 0 Å². The van der Waals surface area contributed by atoms with E-state index in [9.17, 15) is 9.18 Å². The Morgan fingerprint density at radius 1 is 1.22 bits per heavy atom. The molecule has 0 radical (unpaired) electrons. The van der Waals surface area contributed by atoms with Crippen molar-refractivity contribution in [1.82, 2.24) is 10.2 Å². The van der Waals surface area contributed by atoms with Crippen molar-refractivity contribution >= 4 is 6.03 Å². The van der Waals surface area contributed by atoms with Crippen molar-refractivity contribution in [2.24, 2.45) is 5.92 Å². The molecule has 126 valence electrons. The van der Waals surface area contributed by atoms with E-state index in [1.165, 1.54) is 18.6 Å². The summed E-state index contributed by atoms with van der Waals surface area (Å²) in [7, 11) is 0. The van der Waals surface area contributed by atoms with Crippen LogP contribution in [0.2, 0.25) is 0 Å². The zero-order valence-corrected chi connectivity index (χ0v) is 13.8. The van der Waals surface area contributed by atoms with Crippen LogP contribution in [0.4, 0.5) is 9.18 Å². The van der Waals surface area contributed by atoms with E-state index in [1.54, 1.807) is 12.1 Å². The first-order valence-electron chi connectivity index (χ1n) is 8.49. The van der Waals surface area contributed by atoms with Gasteiger partial charge in [0.2, 0.25) is 0 Å². The summed E-state index contributed by atoms with van der Waals surface area (Å²) in [6.45, 7) is 5.19. The Morgan fingerprint density at radius 2 is 1.83 bits per heavy atom. The highest BCUT2D eigenvalue weighted by atomic mass is 19.1. The summed E-state index contributed by atoms with van der Waals surface area (Å²) in [4.78, 5) is 14.5. The SMILES string of the molecule is CC1CN(C(=O)NC(c2ccc(F)cc2)C2CCC2)CC(C)O1. The van der Waals surface area contributed by atoms with Crippen LogP contribution in [0.5, 0.6) is 0 Å². The summed E-state index contributed by atoms with van der Waals surface area (Å²) in [5.41, 5.74) is 0.985. The lowest BCUT2D eigenvalue weighted by Crippen LogP contribution is -2.53. The number of carbonyl (C=O) groups excluding carboxylic acids is 1. The number of nitrogens with zero attached hydrogens (tertiary/aromatic N) is 1. The number of nitrogens with one attached hydrogen (secondary N) is 1. The number of ether oxygens (including phenoxy) is 1. The zero-order chi connectivity index (χ0) is 16.4. The van der Waals surface area contributed by atoms with Gasteiger partial charge in [0.15, 0.2) is 0 Å². The molecule has 5 heteroatoms. The van der Waals surface area contributed by atoms with E-state index in [0.717, 1.165) is 18.4 Å². The Bertz CT molecular complexity index is 534. The molecule has 2 aliphatic rings. The molecular weight excluding hydrogens is 295 g/mol. The average Bonchev–Trinajstić information content (AvgIpc) is 2.44. The van der Waals surface area contributed by atoms with Crippen molar-refractivity contribution in [2.45, 2.75) is 51.4 Å². The molecule has 3 atom stereocenters. The number of hydrogen-bond donors (Lipinski definition) is 1. The predicted molar refractivity (Wildman–Crippen MR) is 86.6 cm³/mol. The monoisotopic (exact) mass is 320 g/mol. The van der Waals surface area contributed by atoms with Gasteiger partial charge in [-0.05, 0) is 50.3 Å². The standard InChI is InChI=1S/C18H25FN2O2/c1-12-10-21(11-13(2)23-12)18(22)20-17(14-4-3-5-14)15-6-8-16(19)9-7-15/h6-9,12-14,17H,3-5,10-11H2,1-2H3,(H,20,22). The van der Waals surface area contributed by atoms with Gasteiger partial charge in [0, 0.05) is 13.1 Å². The normalized spacial score (nSPS) is 26.5. The van der Waals surface area contributed by atoms with Crippen LogP contribution in [0, 0.1) is 11.7 Å². The van der Waals surface area contributed by atoms with Gasteiger partial charge >= 0.3 is 6.03 Å². The summed E-state index contributed by atoms with van der Waals surface area (Å²) >= 11 is 0. The van der Waals surface area contributed by atoms with E-state index in [1.807, 2.05) is 18.7 Å². The van der Waals surface area contributed by atoms with Crippen molar-refractivity contribution in [3.63, 3.8) is 0 Å². The molecular formula is C18H25FN2O2. The number of benzene rings is 1. The molecule has 1 aliphatic carbocycles.